The number of carbonyl (C=O) groups excluding carboxylic acids is 1. The Bertz CT molecular complexity index is 668. The van der Waals surface area contributed by atoms with Gasteiger partial charge in [0, 0.05) is 12.1 Å². The lowest BCUT2D eigenvalue weighted by Crippen LogP contribution is -2.09. The van der Waals surface area contributed by atoms with E-state index < -0.39 is 23.4 Å². The third-order valence-electron chi connectivity index (χ3n) is 2.46. The number of hydrogen-bond donors (Lipinski definition) is 1. The number of anilines is 1. The van der Waals surface area contributed by atoms with E-state index in [1.807, 2.05) is 0 Å². The molecule has 102 valence electrons. The van der Waals surface area contributed by atoms with Gasteiger partial charge in [-0.2, -0.15) is 0 Å². The van der Waals surface area contributed by atoms with E-state index in [9.17, 15) is 18.0 Å². The molecule has 20 heavy (non-hydrogen) atoms. The van der Waals surface area contributed by atoms with Crippen LogP contribution >= 0.6 is 0 Å². The van der Waals surface area contributed by atoms with Crippen molar-refractivity contribution in [3.8, 4) is 0 Å². The van der Waals surface area contributed by atoms with Crippen LogP contribution in [-0.2, 0) is 4.79 Å². The van der Waals surface area contributed by atoms with Crippen molar-refractivity contribution < 1.29 is 18.0 Å². The molecule has 1 amide bonds. The Hall–Kier alpha value is -2.56. The molecule has 0 unspecified atom stereocenters. The van der Waals surface area contributed by atoms with Crippen LogP contribution in [0.1, 0.15) is 5.56 Å². The van der Waals surface area contributed by atoms with Crippen molar-refractivity contribution in [1.29, 1.82) is 0 Å². The Morgan fingerprint density at radius 1 is 1.00 bits per heavy atom. The predicted octanol–water partition coefficient (Wildman–Crippen LogP) is 3.76. The molecular formula is C15H10F3NO. The second-order valence-electron chi connectivity index (χ2n) is 4.00. The lowest BCUT2D eigenvalue weighted by molar-refractivity contribution is -0.111. The molecule has 2 rings (SSSR count). The number of hydrogen-bond acceptors (Lipinski definition) is 1. The minimum Gasteiger partial charge on any atom is -0.320 e. The van der Waals surface area contributed by atoms with Crippen molar-refractivity contribution in [3.05, 3.63) is 71.6 Å². The molecule has 2 nitrogen and oxygen atoms in total. The predicted molar refractivity (Wildman–Crippen MR) is 70.4 cm³/mol. The molecular weight excluding hydrogens is 267 g/mol. The molecule has 5 heteroatoms. The Balaban J connectivity index is 2.07. The van der Waals surface area contributed by atoms with Crippen molar-refractivity contribution in [2.75, 3.05) is 5.32 Å². The molecule has 0 radical (unpaired) electrons. The third kappa shape index (κ3) is 3.71. The highest BCUT2D eigenvalue weighted by molar-refractivity contribution is 6.01. The average molecular weight is 277 g/mol. The molecule has 0 aliphatic carbocycles. The van der Waals surface area contributed by atoms with E-state index in [1.165, 1.54) is 24.3 Å². The summed E-state index contributed by atoms with van der Waals surface area (Å²) in [5.41, 5.74) is 0.235. The van der Waals surface area contributed by atoms with Crippen molar-refractivity contribution in [1.82, 2.24) is 0 Å². The zero-order chi connectivity index (χ0) is 14.5. The van der Waals surface area contributed by atoms with Gasteiger partial charge in [0.15, 0.2) is 0 Å². The maximum atomic E-state index is 13.3. The van der Waals surface area contributed by atoms with E-state index in [4.69, 9.17) is 0 Å². The van der Waals surface area contributed by atoms with Gasteiger partial charge in [0.25, 0.3) is 0 Å². The van der Waals surface area contributed by atoms with E-state index in [1.54, 1.807) is 6.07 Å². The van der Waals surface area contributed by atoms with Gasteiger partial charge in [-0.3, -0.25) is 4.79 Å². The molecule has 0 heterocycles. The summed E-state index contributed by atoms with van der Waals surface area (Å²) in [6.07, 6.45) is 2.48. The lowest BCUT2D eigenvalue weighted by Gasteiger charge is -2.03. The summed E-state index contributed by atoms with van der Waals surface area (Å²) >= 11 is 0. The molecule has 2 aromatic rings. The van der Waals surface area contributed by atoms with E-state index >= 15 is 0 Å². The van der Waals surface area contributed by atoms with Crippen molar-refractivity contribution >= 4 is 17.7 Å². The fourth-order valence-corrected chi connectivity index (χ4v) is 1.55. The molecule has 0 saturated carbocycles. The Morgan fingerprint density at radius 3 is 2.50 bits per heavy atom. The van der Waals surface area contributed by atoms with Crippen molar-refractivity contribution in [2.24, 2.45) is 0 Å². The van der Waals surface area contributed by atoms with Crippen LogP contribution in [0.15, 0.2) is 48.5 Å². The second kappa shape index (κ2) is 6.06. The average Bonchev–Trinajstić information content (AvgIpc) is 2.41. The topological polar surface area (TPSA) is 29.1 Å². The van der Waals surface area contributed by atoms with Crippen LogP contribution in [0.4, 0.5) is 18.9 Å². The van der Waals surface area contributed by atoms with Gasteiger partial charge in [0.05, 0.1) is 5.69 Å². The second-order valence-corrected chi connectivity index (χ2v) is 4.00. The first-order chi connectivity index (χ1) is 9.54. The van der Waals surface area contributed by atoms with Gasteiger partial charge in [-0.15, -0.1) is 0 Å². The number of nitrogens with one attached hydrogen (secondary N) is 1. The molecule has 0 aromatic heterocycles. The summed E-state index contributed by atoms with van der Waals surface area (Å²) in [6, 6.07) is 8.37. The van der Waals surface area contributed by atoms with Crippen molar-refractivity contribution in [2.45, 2.75) is 0 Å². The van der Waals surface area contributed by atoms with E-state index in [0.29, 0.717) is 5.56 Å². The standard InChI is InChI=1S/C15H10F3NO/c16-11-3-1-2-10(8-11)4-7-15(20)19-14-9-12(17)5-6-13(14)18/h1-9H,(H,19,20)/b7-4+. The van der Waals surface area contributed by atoms with Crippen LogP contribution < -0.4 is 5.32 Å². The van der Waals surface area contributed by atoms with Crippen LogP contribution in [0.25, 0.3) is 6.08 Å². The normalized spacial score (nSPS) is 10.8. The van der Waals surface area contributed by atoms with E-state index in [2.05, 4.69) is 5.32 Å². The summed E-state index contributed by atoms with van der Waals surface area (Å²) in [7, 11) is 0. The smallest absolute Gasteiger partial charge is 0.248 e. The summed E-state index contributed by atoms with van der Waals surface area (Å²) in [5, 5.41) is 2.20. The molecule has 0 fully saturated rings. The molecule has 0 bridgehead atoms. The van der Waals surface area contributed by atoms with Crippen LogP contribution in [0.2, 0.25) is 0 Å². The van der Waals surface area contributed by atoms with Gasteiger partial charge in [-0.1, -0.05) is 12.1 Å². The maximum Gasteiger partial charge on any atom is 0.248 e. The fraction of sp³-hybridized carbons (Fsp3) is 0. The fourth-order valence-electron chi connectivity index (χ4n) is 1.55. The van der Waals surface area contributed by atoms with Gasteiger partial charge in [0.1, 0.15) is 17.5 Å². The van der Waals surface area contributed by atoms with Gasteiger partial charge in [-0.25, -0.2) is 13.2 Å². The minimum absolute atomic E-state index is 0.251. The molecule has 2 aromatic carbocycles. The quantitative estimate of drug-likeness (QED) is 0.850. The van der Waals surface area contributed by atoms with E-state index in [0.717, 1.165) is 24.3 Å². The number of rotatable bonds is 3. The Labute approximate surface area is 113 Å². The molecule has 0 spiro atoms. The first kappa shape index (κ1) is 13.9. The van der Waals surface area contributed by atoms with Crippen LogP contribution in [0.5, 0.6) is 0 Å². The van der Waals surface area contributed by atoms with Gasteiger partial charge >= 0.3 is 0 Å². The highest BCUT2D eigenvalue weighted by Gasteiger charge is 2.05. The zero-order valence-electron chi connectivity index (χ0n) is 10.2. The summed E-state index contributed by atoms with van der Waals surface area (Å²) in [5.74, 6) is -2.46. The van der Waals surface area contributed by atoms with Gasteiger partial charge in [0.2, 0.25) is 5.91 Å². The third-order valence-corrected chi connectivity index (χ3v) is 2.46. The SMILES string of the molecule is O=C(/C=C/c1cccc(F)c1)Nc1cc(F)ccc1F. The number of halogens is 3. The molecule has 0 atom stereocenters. The Morgan fingerprint density at radius 2 is 1.75 bits per heavy atom. The summed E-state index contributed by atoms with van der Waals surface area (Å²) in [4.78, 5) is 11.6. The number of benzene rings is 2. The molecule has 0 saturated heterocycles. The Kier molecular flexibility index (Phi) is 4.20. The highest BCUT2D eigenvalue weighted by Crippen LogP contribution is 2.15. The number of amides is 1. The van der Waals surface area contributed by atoms with Crippen LogP contribution in [0, 0.1) is 17.5 Å². The first-order valence-electron chi connectivity index (χ1n) is 5.74. The lowest BCUT2D eigenvalue weighted by atomic mass is 10.2. The monoisotopic (exact) mass is 277 g/mol. The highest BCUT2D eigenvalue weighted by atomic mass is 19.1. The van der Waals surface area contributed by atoms with Crippen LogP contribution in [0.3, 0.4) is 0 Å². The minimum atomic E-state index is -0.737. The van der Waals surface area contributed by atoms with Gasteiger partial charge in [-0.05, 0) is 35.9 Å². The molecule has 0 aliphatic heterocycles. The van der Waals surface area contributed by atoms with E-state index in [-0.39, 0.29) is 5.69 Å². The first-order valence-corrected chi connectivity index (χ1v) is 5.74. The number of carbonyl (C=O) groups is 1. The largest absolute Gasteiger partial charge is 0.320 e. The molecule has 1 N–H and O–H groups in total. The van der Waals surface area contributed by atoms with Crippen LogP contribution in [-0.4, -0.2) is 5.91 Å². The summed E-state index contributed by atoms with van der Waals surface area (Å²) < 4.78 is 39.1. The van der Waals surface area contributed by atoms with Gasteiger partial charge < -0.3 is 5.32 Å². The maximum absolute atomic E-state index is 13.3. The molecule has 0 aliphatic rings. The zero-order valence-corrected chi connectivity index (χ0v) is 10.2. The summed E-state index contributed by atoms with van der Waals surface area (Å²) in [6.45, 7) is 0. The van der Waals surface area contributed by atoms with Crippen molar-refractivity contribution in [3.63, 3.8) is 0 Å².